The maximum atomic E-state index is 4.45. The van der Waals surface area contributed by atoms with E-state index in [-0.39, 0.29) is 32.7 Å². The predicted molar refractivity (Wildman–Crippen MR) is 51.6 cm³/mol. The van der Waals surface area contributed by atoms with E-state index < -0.39 is 0 Å². The quantitative estimate of drug-likeness (QED) is 0.677. The molecule has 0 aliphatic rings. The van der Waals surface area contributed by atoms with Gasteiger partial charge in [0, 0.05) is 50.9 Å². The molecule has 3 nitrogen and oxygen atoms in total. The molecule has 0 spiro atoms. The second-order valence-corrected chi connectivity index (χ2v) is 3.36. The van der Waals surface area contributed by atoms with E-state index >= 15 is 0 Å². The third kappa shape index (κ3) is 1.63. The van der Waals surface area contributed by atoms with Gasteiger partial charge in [-0.1, -0.05) is 20.0 Å². The third-order valence-corrected chi connectivity index (χ3v) is 2.54. The Morgan fingerprint density at radius 3 is 2.50 bits per heavy atom. The van der Waals surface area contributed by atoms with Gasteiger partial charge in [0.2, 0.25) is 0 Å². The van der Waals surface area contributed by atoms with E-state index in [1.165, 1.54) is 5.56 Å². The maximum absolute atomic E-state index is 4.45. The first kappa shape index (κ1) is 11.8. The van der Waals surface area contributed by atoms with Gasteiger partial charge >= 0.3 is 0 Å². The Labute approximate surface area is 109 Å². The van der Waals surface area contributed by atoms with Crippen molar-refractivity contribution in [1.82, 2.24) is 14.5 Å². The predicted octanol–water partition coefficient (Wildman–Crippen LogP) is 1.69. The molecule has 2 aromatic rings. The number of aromatic nitrogens is 3. The molecule has 2 heterocycles. The molecule has 0 amide bonds. The molecule has 0 saturated heterocycles. The number of fused-ring (bicyclic) bond motifs is 1. The van der Waals surface area contributed by atoms with E-state index in [1.54, 1.807) is 0 Å². The first-order valence-corrected chi connectivity index (χ1v) is 4.29. The van der Waals surface area contributed by atoms with Gasteiger partial charge in [0.1, 0.15) is 0 Å². The van der Waals surface area contributed by atoms with Crippen LogP contribution in [0.3, 0.4) is 0 Å². The van der Waals surface area contributed by atoms with Gasteiger partial charge < -0.3 is 9.55 Å². The molecule has 1 radical (unpaired) electrons. The fourth-order valence-electron chi connectivity index (χ4n) is 1.38. The molecule has 0 aliphatic heterocycles. The van der Waals surface area contributed by atoms with Crippen molar-refractivity contribution in [2.45, 2.75) is 20.8 Å². The van der Waals surface area contributed by atoms with Crippen LogP contribution in [-0.2, 0) is 39.8 Å². The van der Waals surface area contributed by atoms with Crippen LogP contribution < -0.4 is 0 Å². The maximum Gasteiger partial charge on any atom is 0.0936 e. The minimum atomic E-state index is 0. The molecule has 0 fully saturated rings. The Bertz CT molecular complexity index is 474. The van der Waals surface area contributed by atoms with E-state index in [0.29, 0.717) is 0 Å². The number of pyridine rings is 1. The van der Waals surface area contributed by atoms with Crippen molar-refractivity contribution < 1.29 is 32.7 Å². The van der Waals surface area contributed by atoms with Crippen LogP contribution in [0, 0.1) is 27.0 Å². The molecule has 0 aliphatic carbocycles. The van der Waals surface area contributed by atoms with Crippen LogP contribution in [0.2, 0.25) is 0 Å². The Morgan fingerprint density at radius 1 is 1.21 bits per heavy atom. The number of imidazole rings is 1. The Kier molecular flexibility index (Phi) is 3.43. The molecule has 2 rings (SSSR count). The van der Waals surface area contributed by atoms with Crippen molar-refractivity contribution >= 4 is 11.2 Å². The summed E-state index contributed by atoms with van der Waals surface area (Å²) in [6.07, 6.45) is 2.99. The minimum Gasteiger partial charge on any atom is -0.369 e. The van der Waals surface area contributed by atoms with Crippen LogP contribution in [0.5, 0.6) is 0 Å². The van der Waals surface area contributed by atoms with Crippen molar-refractivity contribution in [3.05, 3.63) is 23.1 Å². The third-order valence-electron chi connectivity index (χ3n) is 2.54. The molecular formula is C10H12N3Y-. The summed E-state index contributed by atoms with van der Waals surface area (Å²) in [7, 11) is 1.97. The zero-order chi connectivity index (χ0) is 9.59. The van der Waals surface area contributed by atoms with Gasteiger partial charge in [-0.3, -0.25) is 4.98 Å². The first-order chi connectivity index (χ1) is 6.11. The fraction of sp³-hybridized carbons (Fsp3) is 0.400. The largest absolute Gasteiger partial charge is 0.369 e. The minimum absolute atomic E-state index is 0. The topological polar surface area (TPSA) is 30.7 Å². The summed E-state index contributed by atoms with van der Waals surface area (Å²) < 4.78 is 1.98. The van der Waals surface area contributed by atoms with Crippen molar-refractivity contribution in [2.75, 3.05) is 0 Å². The molecule has 4 heteroatoms. The van der Waals surface area contributed by atoms with Crippen molar-refractivity contribution in [3.63, 3.8) is 0 Å². The van der Waals surface area contributed by atoms with Gasteiger partial charge in [0.05, 0.1) is 5.82 Å². The van der Waals surface area contributed by atoms with Crippen LogP contribution in [-0.4, -0.2) is 14.5 Å². The average molecular weight is 263 g/mol. The molecule has 0 saturated carbocycles. The standard InChI is InChI=1S/C10H12N3.Y/c1-6-5-11-10-9(7(6)2)12-8(3)13(10)4;/h1-4H3;/q-1;. The molecule has 0 atom stereocenters. The second kappa shape index (κ2) is 4.07. The van der Waals surface area contributed by atoms with E-state index in [9.17, 15) is 0 Å². The summed E-state index contributed by atoms with van der Waals surface area (Å²) in [5, 5.41) is 0. The number of hydrogen-bond donors (Lipinski definition) is 0. The number of hydrogen-bond acceptors (Lipinski definition) is 2. The SMILES string of the molecule is Cc1[c-]nc2c(nc(C)n2C)c1C.[Y]. The molecule has 2 aromatic heterocycles. The Balaban J connectivity index is 0.000000980. The van der Waals surface area contributed by atoms with Crippen LogP contribution >= 0.6 is 0 Å². The summed E-state index contributed by atoms with van der Waals surface area (Å²) in [6, 6.07) is 0. The molecule has 0 unspecified atom stereocenters. The summed E-state index contributed by atoms with van der Waals surface area (Å²) in [5.41, 5.74) is 4.16. The van der Waals surface area contributed by atoms with Gasteiger partial charge in [0.25, 0.3) is 0 Å². The van der Waals surface area contributed by atoms with Crippen LogP contribution in [0.25, 0.3) is 11.2 Å². The van der Waals surface area contributed by atoms with Gasteiger partial charge in [0.15, 0.2) is 0 Å². The molecule has 0 bridgehead atoms. The molecule has 71 valence electrons. The first-order valence-electron chi connectivity index (χ1n) is 4.29. The van der Waals surface area contributed by atoms with E-state index in [0.717, 1.165) is 22.6 Å². The van der Waals surface area contributed by atoms with Gasteiger partial charge in [-0.05, 0) is 6.92 Å². The van der Waals surface area contributed by atoms with Gasteiger partial charge in [-0.25, -0.2) is 0 Å². The Hall–Kier alpha value is -0.276. The zero-order valence-corrected chi connectivity index (χ0v) is 11.8. The second-order valence-electron chi connectivity index (χ2n) is 3.36. The summed E-state index contributed by atoms with van der Waals surface area (Å²) in [4.78, 5) is 8.69. The monoisotopic (exact) mass is 263 g/mol. The van der Waals surface area contributed by atoms with Crippen LogP contribution in [0.15, 0.2) is 0 Å². The molecular weight excluding hydrogens is 251 g/mol. The molecule has 0 aromatic carbocycles. The summed E-state index contributed by atoms with van der Waals surface area (Å²) in [5.74, 6) is 0.990. The number of aryl methyl sites for hydroxylation is 4. The average Bonchev–Trinajstić information content (AvgIpc) is 2.38. The number of nitrogens with zero attached hydrogens (tertiary/aromatic N) is 3. The van der Waals surface area contributed by atoms with E-state index in [1.807, 2.05) is 25.5 Å². The number of rotatable bonds is 0. The normalized spacial score (nSPS) is 10.3. The van der Waals surface area contributed by atoms with Crippen LogP contribution in [0.4, 0.5) is 0 Å². The van der Waals surface area contributed by atoms with Gasteiger partial charge in [-0.15, -0.1) is 11.1 Å². The zero-order valence-electron chi connectivity index (χ0n) is 8.92. The summed E-state index contributed by atoms with van der Waals surface area (Å²) in [6.45, 7) is 6.05. The fourth-order valence-corrected chi connectivity index (χ4v) is 1.38. The van der Waals surface area contributed by atoms with E-state index in [2.05, 4.69) is 23.1 Å². The van der Waals surface area contributed by atoms with Crippen molar-refractivity contribution in [2.24, 2.45) is 7.05 Å². The molecule has 14 heavy (non-hydrogen) atoms. The van der Waals surface area contributed by atoms with Crippen molar-refractivity contribution in [1.29, 1.82) is 0 Å². The van der Waals surface area contributed by atoms with Gasteiger partial charge in [-0.2, -0.15) is 0 Å². The van der Waals surface area contributed by atoms with Crippen LogP contribution in [0.1, 0.15) is 17.0 Å². The smallest absolute Gasteiger partial charge is 0.0936 e. The van der Waals surface area contributed by atoms with E-state index in [4.69, 9.17) is 0 Å². The summed E-state index contributed by atoms with van der Waals surface area (Å²) >= 11 is 0. The Morgan fingerprint density at radius 2 is 1.86 bits per heavy atom. The van der Waals surface area contributed by atoms with Crippen molar-refractivity contribution in [3.8, 4) is 0 Å². The molecule has 0 N–H and O–H groups in total.